The third kappa shape index (κ3) is 11.7. The molecule has 0 radical (unpaired) electrons. The number of carboxylic acid groups (broad SMARTS) is 1. The zero-order chi connectivity index (χ0) is 15.1. The predicted molar refractivity (Wildman–Crippen MR) is 63.6 cm³/mol. The molecule has 0 aromatic heterocycles. The van der Waals surface area contributed by atoms with Crippen LogP contribution in [0.4, 0.5) is 4.79 Å². The second-order valence-corrected chi connectivity index (χ2v) is 5.85. The molecule has 0 heterocycles. The highest BCUT2D eigenvalue weighted by molar-refractivity contribution is 7.47. The molecule has 1 unspecified atom stereocenters. The minimum absolute atomic E-state index is 0.0874. The van der Waals surface area contributed by atoms with Crippen LogP contribution in [0.25, 0.3) is 0 Å². The molecule has 0 aliphatic carbocycles. The first-order valence-corrected chi connectivity index (χ1v) is 6.82. The molecule has 0 saturated heterocycles. The van der Waals surface area contributed by atoms with Gasteiger partial charge in [0.05, 0.1) is 6.61 Å². The molecule has 9 nitrogen and oxygen atoms in total. The minimum atomic E-state index is -4.42. The van der Waals surface area contributed by atoms with E-state index in [-0.39, 0.29) is 13.2 Å². The number of aliphatic carboxylic acids is 1. The number of carboxylic acids is 1. The summed E-state index contributed by atoms with van der Waals surface area (Å²) >= 11 is 0. The molecule has 0 aromatic rings. The number of rotatable bonds is 7. The van der Waals surface area contributed by atoms with E-state index in [2.05, 4.69) is 14.4 Å². The van der Waals surface area contributed by atoms with Gasteiger partial charge in [0.2, 0.25) is 0 Å². The van der Waals surface area contributed by atoms with Crippen LogP contribution in [0, 0.1) is 0 Å². The highest BCUT2D eigenvalue weighted by Gasteiger charge is 2.22. The summed E-state index contributed by atoms with van der Waals surface area (Å²) in [5.74, 6) is -1.40. The molecule has 1 amide bonds. The predicted octanol–water partition coefficient (Wildman–Crippen LogP) is 0.729. The van der Waals surface area contributed by atoms with Crippen LogP contribution in [0.2, 0.25) is 0 Å². The van der Waals surface area contributed by atoms with E-state index in [4.69, 9.17) is 14.7 Å². The lowest BCUT2D eigenvalue weighted by molar-refractivity contribution is -0.139. The number of carbonyl (C=O) groups excluding carboxylic acids is 1. The van der Waals surface area contributed by atoms with E-state index in [1.165, 1.54) is 0 Å². The minimum Gasteiger partial charge on any atom is -0.480 e. The van der Waals surface area contributed by atoms with Gasteiger partial charge in [0.25, 0.3) is 0 Å². The molecule has 0 aliphatic heterocycles. The summed E-state index contributed by atoms with van der Waals surface area (Å²) in [5.41, 5.74) is -0.651. The number of amides is 1. The van der Waals surface area contributed by atoms with Crippen LogP contribution in [0.15, 0.2) is 0 Å². The fourth-order valence-corrected chi connectivity index (χ4v) is 1.47. The van der Waals surface area contributed by atoms with Crippen LogP contribution < -0.4 is 5.32 Å². The number of nitrogens with one attached hydrogen (secondary N) is 1. The fraction of sp³-hybridized carbons (Fsp3) is 0.778. The molecule has 1 atom stereocenters. The molecule has 0 bridgehead atoms. The highest BCUT2D eigenvalue weighted by Crippen LogP contribution is 2.42. The standard InChI is InChI=1S/C9H18NO8P/c1-9(2,3)18-8(13)10-4-5-16-19(14,15)17-6-7(11)12/h4-6H2,1-3H3,(H,10,13)(H,11,12)(H,14,15). The molecule has 3 N–H and O–H groups in total. The van der Waals surface area contributed by atoms with Crippen LogP contribution in [-0.2, 0) is 23.1 Å². The van der Waals surface area contributed by atoms with Crippen molar-refractivity contribution in [2.75, 3.05) is 19.8 Å². The summed E-state index contributed by atoms with van der Waals surface area (Å²) in [7, 11) is -4.42. The molecule has 112 valence electrons. The van der Waals surface area contributed by atoms with E-state index in [1.54, 1.807) is 20.8 Å². The molecule has 19 heavy (non-hydrogen) atoms. The van der Waals surface area contributed by atoms with Crippen molar-refractivity contribution in [1.29, 1.82) is 0 Å². The topological polar surface area (TPSA) is 131 Å². The number of ether oxygens (including phenoxy) is 1. The molecule has 0 aromatic carbocycles. The van der Waals surface area contributed by atoms with Gasteiger partial charge in [-0.2, -0.15) is 0 Å². The van der Waals surface area contributed by atoms with Crippen molar-refractivity contribution < 1.29 is 37.9 Å². The van der Waals surface area contributed by atoms with Gasteiger partial charge in [0.15, 0.2) is 6.61 Å². The van der Waals surface area contributed by atoms with Crippen molar-refractivity contribution in [1.82, 2.24) is 5.32 Å². The molecule has 0 aliphatic rings. The van der Waals surface area contributed by atoms with E-state index in [0.29, 0.717) is 0 Å². The quantitative estimate of drug-likeness (QED) is 0.463. The first kappa shape index (κ1) is 17.8. The summed E-state index contributed by atoms with van der Waals surface area (Å²) < 4.78 is 24.5. The number of carbonyl (C=O) groups is 2. The van der Waals surface area contributed by atoms with Gasteiger partial charge in [0.1, 0.15) is 5.60 Å². The maximum atomic E-state index is 11.2. The van der Waals surface area contributed by atoms with Gasteiger partial charge >= 0.3 is 19.9 Å². The summed E-state index contributed by atoms with van der Waals surface area (Å²) in [6.07, 6.45) is -0.699. The lowest BCUT2D eigenvalue weighted by Crippen LogP contribution is -2.34. The molecule has 0 fully saturated rings. The van der Waals surface area contributed by atoms with Crippen molar-refractivity contribution >= 4 is 19.9 Å². The Morgan fingerprint density at radius 3 is 2.32 bits per heavy atom. The number of phosphoric ester groups is 1. The van der Waals surface area contributed by atoms with Crippen molar-refractivity contribution in [2.24, 2.45) is 0 Å². The Morgan fingerprint density at radius 2 is 1.84 bits per heavy atom. The normalized spacial score (nSPS) is 14.5. The number of phosphoric acid groups is 1. The Bertz CT molecular complexity index is 364. The van der Waals surface area contributed by atoms with E-state index >= 15 is 0 Å². The number of hydrogen-bond donors (Lipinski definition) is 3. The van der Waals surface area contributed by atoms with Crippen molar-refractivity contribution in [3.05, 3.63) is 0 Å². The summed E-state index contributed by atoms with van der Waals surface area (Å²) in [5, 5.41) is 10.5. The summed E-state index contributed by atoms with van der Waals surface area (Å²) in [6, 6.07) is 0. The highest BCUT2D eigenvalue weighted by atomic mass is 31.2. The lowest BCUT2D eigenvalue weighted by Gasteiger charge is -2.19. The Morgan fingerprint density at radius 1 is 1.26 bits per heavy atom. The van der Waals surface area contributed by atoms with Gasteiger partial charge in [-0.1, -0.05) is 0 Å². The molecular weight excluding hydrogens is 281 g/mol. The van der Waals surface area contributed by atoms with Gasteiger partial charge in [-0.05, 0) is 20.8 Å². The van der Waals surface area contributed by atoms with Gasteiger partial charge in [-0.15, -0.1) is 0 Å². The Balaban J connectivity index is 3.82. The lowest BCUT2D eigenvalue weighted by atomic mass is 10.2. The Kier molecular flexibility index (Phi) is 6.99. The first-order chi connectivity index (χ1) is 8.52. The van der Waals surface area contributed by atoms with E-state index in [9.17, 15) is 14.2 Å². The maximum Gasteiger partial charge on any atom is 0.472 e. The van der Waals surface area contributed by atoms with Crippen LogP contribution in [-0.4, -0.2) is 47.4 Å². The zero-order valence-corrected chi connectivity index (χ0v) is 11.8. The van der Waals surface area contributed by atoms with Crippen molar-refractivity contribution in [2.45, 2.75) is 26.4 Å². The largest absolute Gasteiger partial charge is 0.480 e. The summed E-state index contributed by atoms with van der Waals surface area (Å²) in [4.78, 5) is 30.3. The van der Waals surface area contributed by atoms with Gasteiger partial charge in [0, 0.05) is 6.54 Å². The zero-order valence-electron chi connectivity index (χ0n) is 10.9. The van der Waals surface area contributed by atoms with E-state index in [1.807, 2.05) is 0 Å². The summed E-state index contributed by atoms with van der Waals surface area (Å²) in [6.45, 7) is 3.69. The number of hydrogen-bond acceptors (Lipinski definition) is 6. The fourth-order valence-electron chi connectivity index (χ4n) is 0.802. The maximum absolute atomic E-state index is 11.2. The molecule has 10 heteroatoms. The Labute approximate surface area is 110 Å². The van der Waals surface area contributed by atoms with E-state index in [0.717, 1.165) is 0 Å². The first-order valence-electron chi connectivity index (χ1n) is 5.32. The smallest absolute Gasteiger partial charge is 0.472 e. The molecular formula is C9H18NO8P. The van der Waals surface area contributed by atoms with Crippen LogP contribution in [0.1, 0.15) is 20.8 Å². The van der Waals surface area contributed by atoms with Gasteiger partial charge < -0.3 is 20.1 Å². The third-order valence-electron chi connectivity index (χ3n) is 1.38. The van der Waals surface area contributed by atoms with Crippen molar-refractivity contribution in [3.8, 4) is 0 Å². The molecule has 0 rings (SSSR count). The average molecular weight is 299 g/mol. The average Bonchev–Trinajstić information content (AvgIpc) is 2.19. The molecule has 0 spiro atoms. The van der Waals surface area contributed by atoms with Crippen LogP contribution in [0.5, 0.6) is 0 Å². The monoisotopic (exact) mass is 299 g/mol. The van der Waals surface area contributed by atoms with Gasteiger partial charge in [-0.3, -0.25) is 9.05 Å². The second kappa shape index (κ2) is 7.44. The van der Waals surface area contributed by atoms with Gasteiger partial charge in [-0.25, -0.2) is 14.2 Å². The molecule has 0 saturated carbocycles. The SMILES string of the molecule is CC(C)(C)OC(=O)NCCOP(=O)(O)OCC(=O)O. The Hall–Kier alpha value is -1.15. The second-order valence-electron chi connectivity index (χ2n) is 4.40. The third-order valence-corrected chi connectivity index (χ3v) is 2.34. The van der Waals surface area contributed by atoms with Crippen LogP contribution in [0.3, 0.4) is 0 Å². The van der Waals surface area contributed by atoms with E-state index < -0.39 is 32.1 Å². The van der Waals surface area contributed by atoms with Crippen LogP contribution >= 0.6 is 7.82 Å². The number of alkyl carbamates (subject to hydrolysis) is 1. The van der Waals surface area contributed by atoms with Crippen molar-refractivity contribution in [3.63, 3.8) is 0 Å².